The number of benzene rings is 5. The minimum Gasteiger partial charge on any atom is -0.748 e. The van der Waals surface area contributed by atoms with Gasteiger partial charge < -0.3 is 43.0 Å². The molecule has 31 heteroatoms. The summed E-state index contributed by atoms with van der Waals surface area (Å²) >= 11 is 0. The van der Waals surface area contributed by atoms with Gasteiger partial charge in [0.25, 0.3) is 26.1 Å². The van der Waals surface area contributed by atoms with E-state index in [9.17, 15) is 66.3 Å². The van der Waals surface area contributed by atoms with Crippen LogP contribution in [-0.4, -0.2) is 171 Å². The molecule has 1 amide bonds. The van der Waals surface area contributed by atoms with Crippen LogP contribution in [0.1, 0.15) is 110 Å². The van der Waals surface area contributed by atoms with E-state index in [1.54, 1.807) is 87.8 Å². The number of ether oxygens (including phenoxy) is 5. The third-order valence-electron chi connectivity index (χ3n) is 16.9. The van der Waals surface area contributed by atoms with E-state index < -0.39 is 81.6 Å². The second-order valence-corrected chi connectivity index (χ2v) is 31.9. The molecule has 2 atom stereocenters. The predicted molar refractivity (Wildman–Crippen MR) is 373 cm³/mol. The maximum Gasteiger partial charge on any atom is 1.00 e. The Morgan fingerprint density at radius 3 is 1.79 bits per heavy atom. The predicted octanol–water partition coefficient (Wildman–Crippen LogP) is -0.890. The molecule has 2 aliphatic rings. The number of ketones is 1. The molecule has 0 saturated heterocycles. The topological polar surface area (TPSA) is 339 Å². The van der Waals surface area contributed by atoms with Crippen LogP contribution in [-0.2, 0) is 79.8 Å². The van der Waals surface area contributed by atoms with Crippen LogP contribution in [0.5, 0.6) is 0 Å². The van der Waals surface area contributed by atoms with Crippen molar-refractivity contribution in [2.45, 2.75) is 98.7 Å². The molecule has 2 unspecified atom stereocenters. The van der Waals surface area contributed by atoms with Crippen LogP contribution < -0.4 is 115 Å². The number of carbonyl (C=O) groups is 3. The largest absolute Gasteiger partial charge is 1.00 e. The van der Waals surface area contributed by atoms with Gasteiger partial charge in [0.15, 0.2) is 5.71 Å². The van der Waals surface area contributed by atoms with E-state index in [1.165, 1.54) is 37.4 Å². The molecule has 5 aromatic rings. The van der Waals surface area contributed by atoms with Crippen molar-refractivity contribution < 1.29 is 183 Å². The number of anilines is 1. The normalized spacial score (nSPS) is 16.6. The van der Waals surface area contributed by atoms with Crippen molar-refractivity contribution in [1.82, 2.24) is 5.32 Å². The molecular weight excluding hydrogens is 1430 g/mol. The van der Waals surface area contributed by atoms with Crippen LogP contribution in [0.25, 0.3) is 0 Å². The number of allylic oxidation sites excluding steroid dienone is 8. The molecule has 0 fully saturated rings. The zero-order valence-corrected chi connectivity index (χ0v) is 68.4. The molecule has 0 radical (unpaired) electrons. The van der Waals surface area contributed by atoms with E-state index in [0.29, 0.717) is 109 Å². The van der Waals surface area contributed by atoms with Crippen molar-refractivity contribution in [2.75, 3.05) is 96.5 Å². The van der Waals surface area contributed by atoms with Gasteiger partial charge in [-0.1, -0.05) is 91.0 Å². The number of unbranched alkanes of at least 4 members (excludes halogenated alkanes) is 2. The van der Waals surface area contributed by atoms with E-state index in [1.807, 2.05) is 70.1 Å². The van der Waals surface area contributed by atoms with Gasteiger partial charge in [-0.3, -0.25) is 18.7 Å². The van der Waals surface area contributed by atoms with Crippen LogP contribution in [0.3, 0.4) is 0 Å². The summed E-state index contributed by atoms with van der Waals surface area (Å²) in [7, 11) is -17.0. The molecule has 0 spiro atoms. The van der Waals surface area contributed by atoms with Crippen molar-refractivity contribution in [3.8, 4) is 0 Å². The van der Waals surface area contributed by atoms with Gasteiger partial charge in [0.05, 0.1) is 90.0 Å². The second kappa shape index (κ2) is 42.4. The Hall–Kier alpha value is -3.95. The zero-order valence-electron chi connectivity index (χ0n) is 58.3. The number of carbonyl (C=O) groups excluding carboxylic acids is 3. The number of nitrogens with zero attached hydrogens (tertiary/aromatic N) is 2. The summed E-state index contributed by atoms with van der Waals surface area (Å²) in [6.45, 7) is 6.70. The molecule has 530 valence electrons. The number of amides is 1. The first-order valence-electron chi connectivity index (χ1n) is 32.0. The summed E-state index contributed by atoms with van der Waals surface area (Å²) in [5.74, 6) is -2.17. The van der Waals surface area contributed by atoms with Crippen LogP contribution >= 0.6 is 7.92 Å². The molecule has 2 heterocycles. The van der Waals surface area contributed by atoms with Crippen molar-refractivity contribution in [1.29, 1.82) is 0 Å². The molecule has 2 aliphatic heterocycles. The summed E-state index contributed by atoms with van der Waals surface area (Å²) in [6.07, 6.45) is 14.7. The van der Waals surface area contributed by atoms with Crippen LogP contribution in [0, 0.1) is 0 Å². The molecular formula is C70H85N3Na3O20PS4+2. The number of esters is 1. The number of nitrogens with one attached hydrogen (secondary N) is 1. The molecule has 101 heavy (non-hydrogen) atoms. The SMILES string of the molecule is COCCOCCOCCOCCN1C(=CC=CC=CC=CC2=[N+](CCCCCC(=O)CCCNC(=O)c3ccc(C(=O)OC)c(P(c4ccccc4)c4ccccc4)c3)c3ccc(S(=O)(=O)[O-])cc3C2(C)CCCS(=O)(=O)[O-])C(C)(CCCS(=O)(=O)O)c2cc(S(=O)(=O)O)ccc21.[Na+].[Na+].[Na+]. The Morgan fingerprint density at radius 1 is 0.614 bits per heavy atom. The van der Waals surface area contributed by atoms with E-state index in [-0.39, 0.29) is 177 Å². The fourth-order valence-electron chi connectivity index (χ4n) is 12.1. The third-order valence-corrected chi connectivity index (χ3v) is 22.7. The third kappa shape index (κ3) is 26.5. The minimum absolute atomic E-state index is 0. The van der Waals surface area contributed by atoms with Gasteiger partial charge in [-0.2, -0.15) is 21.4 Å². The average molecular weight is 1520 g/mol. The monoisotopic (exact) mass is 1520 g/mol. The molecule has 5 aromatic carbocycles. The van der Waals surface area contributed by atoms with Gasteiger partial charge in [0.1, 0.15) is 22.4 Å². The number of Topliss-reactive ketones (excluding diaryl/α,β-unsaturated/α-hetero) is 1. The average Bonchev–Trinajstić information content (AvgIpc) is 1.60. The van der Waals surface area contributed by atoms with Crippen LogP contribution in [0.15, 0.2) is 173 Å². The number of fused-ring (bicyclic) bond motifs is 2. The van der Waals surface area contributed by atoms with Crippen LogP contribution in [0.4, 0.5) is 11.4 Å². The van der Waals surface area contributed by atoms with Crippen molar-refractivity contribution >= 4 is 99.1 Å². The minimum atomic E-state index is -4.95. The van der Waals surface area contributed by atoms with Crippen molar-refractivity contribution in [3.05, 3.63) is 186 Å². The standard InChI is InChI=1S/C70H86N3O20PS4.3Na/c1-69(36-20-48-95(77,78)79)60-51-57(97(83,84)85)31-34-62(60)72(39-18-10-11-22-54(74)23-19-38-71-67(75)53-30-33-59(68(76)90-4)64(50-53)94(55-24-12-8-13-25-55)56-26-14-9-15-27-56)65(69)28-16-6-5-7-17-29-66-70(2,37-21-49-96(80,81)82)61-52-58(98(86,87)88)32-35-63(61)73(66)40-41-91-44-45-93-47-46-92-43-42-89-3;;;/h5-9,12-17,24-35,50-52H,10-11,18-23,36-49H2,1-4H3,(H4-,71,75,77,78,79,80,81,82,83,84,85,86,87,88);;;/q;3*+1/p-1. The van der Waals surface area contributed by atoms with E-state index >= 15 is 0 Å². The van der Waals surface area contributed by atoms with Gasteiger partial charge in [-0.25, -0.2) is 21.6 Å². The number of rotatable bonds is 41. The number of hydrogen-bond acceptors (Lipinski definition) is 19. The summed E-state index contributed by atoms with van der Waals surface area (Å²) in [6, 6.07) is 32.6. The number of hydrogen-bond donors (Lipinski definition) is 3. The van der Waals surface area contributed by atoms with Crippen molar-refractivity contribution in [2.24, 2.45) is 0 Å². The summed E-state index contributed by atoms with van der Waals surface area (Å²) in [5.41, 5.74) is 1.79. The Bertz CT molecular complexity index is 4200. The second-order valence-electron chi connectivity index (χ2n) is 23.8. The van der Waals surface area contributed by atoms with Gasteiger partial charge >= 0.3 is 94.6 Å². The van der Waals surface area contributed by atoms with Gasteiger partial charge in [-0.05, 0) is 137 Å². The zero-order chi connectivity index (χ0) is 71.2. The first kappa shape index (κ1) is 89.4. The Balaban J connectivity index is 0.00000721. The van der Waals surface area contributed by atoms with Crippen molar-refractivity contribution in [3.63, 3.8) is 0 Å². The van der Waals surface area contributed by atoms with Crippen LogP contribution in [0.2, 0.25) is 0 Å². The first-order chi connectivity index (χ1) is 46.6. The van der Waals surface area contributed by atoms with E-state index in [2.05, 4.69) is 5.32 Å². The Kier molecular flexibility index (Phi) is 37.6. The maximum absolute atomic E-state index is 13.6. The Morgan fingerprint density at radius 2 is 1.19 bits per heavy atom. The molecule has 0 bridgehead atoms. The smallest absolute Gasteiger partial charge is 0.748 e. The fourth-order valence-corrected chi connectivity index (χ4v) is 16.6. The van der Waals surface area contributed by atoms with Gasteiger partial charge in [0, 0.05) is 90.6 Å². The molecule has 23 nitrogen and oxygen atoms in total. The maximum atomic E-state index is 13.6. The quantitative estimate of drug-likeness (QED) is 0.00813. The molecule has 0 aliphatic carbocycles. The summed E-state index contributed by atoms with van der Waals surface area (Å²) in [4.78, 5) is 41.1. The molecule has 0 saturated carbocycles. The molecule has 0 aromatic heterocycles. The summed E-state index contributed by atoms with van der Waals surface area (Å²) in [5, 5.41) is 5.54. The van der Waals surface area contributed by atoms with E-state index in [4.69, 9.17) is 23.7 Å². The number of methoxy groups -OCH3 is 2. The van der Waals surface area contributed by atoms with E-state index in [0.717, 1.165) is 10.6 Å². The fraction of sp³-hybridized carbons (Fsp3) is 0.400. The molecule has 7 rings (SSSR count). The summed E-state index contributed by atoms with van der Waals surface area (Å²) < 4.78 is 171. The van der Waals surface area contributed by atoms with Gasteiger partial charge in [-0.15, -0.1) is 0 Å². The van der Waals surface area contributed by atoms with Gasteiger partial charge in [0.2, 0.25) is 5.69 Å². The molecule has 3 N–H and O–H groups in total. The first-order valence-corrected chi connectivity index (χ1v) is 39.4. The Labute approximate surface area is 661 Å².